The summed E-state index contributed by atoms with van der Waals surface area (Å²) in [4.78, 5) is 43.1. The van der Waals surface area contributed by atoms with Gasteiger partial charge in [0.1, 0.15) is 0 Å². The quantitative estimate of drug-likeness (QED) is 0.756. The Bertz CT molecular complexity index is 985. The summed E-state index contributed by atoms with van der Waals surface area (Å²) in [5.74, 6) is -0.281. The summed E-state index contributed by atoms with van der Waals surface area (Å²) in [5.41, 5.74) is 2.55. The highest BCUT2D eigenvalue weighted by atomic mass is 16.2. The average molecular weight is 434 g/mol. The van der Waals surface area contributed by atoms with Gasteiger partial charge in [-0.3, -0.25) is 19.4 Å². The van der Waals surface area contributed by atoms with Crippen LogP contribution in [0.3, 0.4) is 0 Å². The predicted molar refractivity (Wildman–Crippen MR) is 120 cm³/mol. The summed E-state index contributed by atoms with van der Waals surface area (Å²) < 4.78 is 0. The van der Waals surface area contributed by atoms with Crippen LogP contribution in [0, 0.1) is 0 Å². The Morgan fingerprint density at radius 1 is 0.938 bits per heavy atom. The van der Waals surface area contributed by atoms with Crippen molar-refractivity contribution in [1.29, 1.82) is 0 Å². The standard InChI is InChI=1S/C24H27N5O3/c30-22(6-7-23(31)29-17-12-21(27-29)18-4-2-1-3-5-18)26-20-10-15-28(16-11-20)24(32)19-8-13-25-14-9-19/h1-5,8-9,13-14,20H,6-7,10-12,15-17H2,(H,26,30). The van der Waals surface area contributed by atoms with Gasteiger partial charge in [-0.15, -0.1) is 0 Å². The molecule has 0 saturated carbocycles. The molecule has 2 aliphatic heterocycles. The molecule has 166 valence electrons. The van der Waals surface area contributed by atoms with Gasteiger partial charge in [0, 0.05) is 56.4 Å². The van der Waals surface area contributed by atoms with Crippen LogP contribution < -0.4 is 5.32 Å². The summed E-state index contributed by atoms with van der Waals surface area (Å²) in [5, 5.41) is 8.91. The van der Waals surface area contributed by atoms with E-state index < -0.39 is 0 Å². The molecular weight excluding hydrogens is 406 g/mol. The molecule has 0 atom stereocenters. The van der Waals surface area contributed by atoms with Crippen LogP contribution in [0.2, 0.25) is 0 Å². The number of amides is 3. The van der Waals surface area contributed by atoms with Crippen LogP contribution in [-0.4, -0.2) is 64.0 Å². The first-order chi connectivity index (χ1) is 15.6. The fraction of sp³-hybridized carbons (Fsp3) is 0.375. The number of aromatic nitrogens is 1. The van der Waals surface area contributed by atoms with E-state index in [-0.39, 0.29) is 36.6 Å². The number of piperidine rings is 1. The number of nitrogens with one attached hydrogen (secondary N) is 1. The maximum absolute atomic E-state index is 12.5. The summed E-state index contributed by atoms with van der Waals surface area (Å²) in [6, 6.07) is 13.3. The van der Waals surface area contributed by atoms with Crippen molar-refractivity contribution >= 4 is 23.4 Å². The molecule has 8 heteroatoms. The lowest BCUT2D eigenvalue weighted by Gasteiger charge is -2.32. The Morgan fingerprint density at radius 2 is 1.66 bits per heavy atom. The molecule has 3 amide bonds. The third kappa shape index (κ3) is 5.38. The van der Waals surface area contributed by atoms with E-state index in [1.807, 2.05) is 30.3 Å². The Kier molecular flexibility index (Phi) is 6.89. The number of carbonyl (C=O) groups excluding carboxylic acids is 3. The Balaban J connectivity index is 1.19. The molecule has 2 aliphatic rings. The van der Waals surface area contributed by atoms with E-state index in [2.05, 4.69) is 15.4 Å². The van der Waals surface area contributed by atoms with Crippen molar-refractivity contribution in [3.05, 3.63) is 66.0 Å². The van der Waals surface area contributed by atoms with Crippen molar-refractivity contribution in [2.45, 2.75) is 38.1 Å². The van der Waals surface area contributed by atoms with Gasteiger partial charge >= 0.3 is 0 Å². The Hall–Kier alpha value is -3.55. The fourth-order valence-corrected chi connectivity index (χ4v) is 4.02. The van der Waals surface area contributed by atoms with Crippen molar-refractivity contribution in [2.24, 2.45) is 5.10 Å². The normalized spacial score (nSPS) is 16.6. The summed E-state index contributed by atoms with van der Waals surface area (Å²) in [6.07, 6.45) is 5.62. The molecule has 0 bridgehead atoms. The maximum Gasteiger partial charge on any atom is 0.253 e. The molecule has 1 fully saturated rings. The van der Waals surface area contributed by atoms with Crippen LogP contribution in [0.15, 0.2) is 60.0 Å². The van der Waals surface area contributed by atoms with Crippen molar-refractivity contribution in [2.75, 3.05) is 19.6 Å². The third-order valence-corrected chi connectivity index (χ3v) is 5.84. The largest absolute Gasteiger partial charge is 0.353 e. The number of rotatable bonds is 6. The lowest BCUT2D eigenvalue weighted by Crippen LogP contribution is -2.46. The molecule has 0 radical (unpaired) electrons. The molecule has 1 aromatic heterocycles. The van der Waals surface area contributed by atoms with E-state index in [9.17, 15) is 14.4 Å². The molecule has 3 heterocycles. The summed E-state index contributed by atoms with van der Waals surface area (Å²) in [6.45, 7) is 1.74. The second kappa shape index (κ2) is 10.2. The molecular formula is C24H27N5O3. The number of likely N-dealkylation sites (tertiary alicyclic amines) is 1. The minimum Gasteiger partial charge on any atom is -0.353 e. The number of pyridine rings is 1. The number of hydrazone groups is 1. The van der Waals surface area contributed by atoms with Crippen molar-refractivity contribution in [3.8, 4) is 0 Å². The minimum absolute atomic E-state index is 0.0104. The molecule has 0 unspecified atom stereocenters. The van der Waals surface area contributed by atoms with Gasteiger partial charge in [0.15, 0.2) is 0 Å². The molecule has 32 heavy (non-hydrogen) atoms. The highest BCUT2D eigenvalue weighted by molar-refractivity contribution is 6.02. The van der Waals surface area contributed by atoms with Crippen LogP contribution in [0.5, 0.6) is 0 Å². The minimum atomic E-state index is -0.135. The number of hydrogen-bond donors (Lipinski definition) is 1. The van der Waals surface area contributed by atoms with E-state index in [4.69, 9.17) is 0 Å². The molecule has 1 N–H and O–H groups in total. The summed E-state index contributed by atoms with van der Waals surface area (Å²) in [7, 11) is 0. The number of nitrogens with zero attached hydrogens (tertiary/aromatic N) is 4. The van der Waals surface area contributed by atoms with Crippen LogP contribution >= 0.6 is 0 Å². The second-order valence-corrected chi connectivity index (χ2v) is 8.05. The SMILES string of the molecule is O=C(CCC(=O)N1CCC(c2ccccc2)=N1)NC1CCN(C(=O)c2ccncc2)CC1. The van der Waals surface area contributed by atoms with Gasteiger partial charge in [0.25, 0.3) is 5.91 Å². The molecule has 2 aromatic rings. The molecule has 1 aromatic carbocycles. The lowest BCUT2D eigenvalue weighted by atomic mass is 10.0. The van der Waals surface area contributed by atoms with E-state index >= 15 is 0 Å². The van der Waals surface area contributed by atoms with Gasteiger partial charge in [-0.25, -0.2) is 5.01 Å². The lowest BCUT2D eigenvalue weighted by molar-refractivity contribution is -0.133. The smallest absolute Gasteiger partial charge is 0.253 e. The van der Waals surface area contributed by atoms with E-state index in [1.54, 1.807) is 29.4 Å². The predicted octanol–water partition coefficient (Wildman–Crippen LogP) is 2.22. The van der Waals surface area contributed by atoms with Crippen molar-refractivity contribution in [3.63, 3.8) is 0 Å². The van der Waals surface area contributed by atoms with Gasteiger partial charge in [-0.1, -0.05) is 30.3 Å². The fourth-order valence-electron chi connectivity index (χ4n) is 4.02. The van der Waals surface area contributed by atoms with E-state index in [1.165, 1.54) is 5.01 Å². The first kappa shape index (κ1) is 21.7. The second-order valence-electron chi connectivity index (χ2n) is 8.05. The van der Waals surface area contributed by atoms with E-state index in [0.717, 1.165) is 17.7 Å². The molecule has 0 spiro atoms. The maximum atomic E-state index is 12.5. The Labute approximate surface area is 187 Å². The van der Waals surface area contributed by atoms with Gasteiger partial charge in [0.2, 0.25) is 11.8 Å². The summed E-state index contributed by atoms with van der Waals surface area (Å²) >= 11 is 0. The zero-order valence-electron chi connectivity index (χ0n) is 17.9. The number of benzene rings is 1. The first-order valence-electron chi connectivity index (χ1n) is 11.0. The molecule has 1 saturated heterocycles. The third-order valence-electron chi connectivity index (χ3n) is 5.84. The van der Waals surface area contributed by atoms with E-state index in [0.29, 0.717) is 38.0 Å². The van der Waals surface area contributed by atoms with Crippen LogP contribution in [0.4, 0.5) is 0 Å². The van der Waals surface area contributed by atoms with Crippen LogP contribution in [0.1, 0.15) is 48.0 Å². The topological polar surface area (TPSA) is 95.0 Å². The van der Waals surface area contributed by atoms with Crippen molar-refractivity contribution in [1.82, 2.24) is 20.2 Å². The molecule has 8 nitrogen and oxygen atoms in total. The molecule has 0 aliphatic carbocycles. The van der Waals surface area contributed by atoms with Gasteiger partial charge in [0.05, 0.1) is 12.3 Å². The van der Waals surface area contributed by atoms with Crippen molar-refractivity contribution < 1.29 is 14.4 Å². The van der Waals surface area contributed by atoms with Gasteiger partial charge < -0.3 is 10.2 Å². The zero-order chi connectivity index (χ0) is 22.3. The highest BCUT2D eigenvalue weighted by Crippen LogP contribution is 2.16. The number of hydrogen-bond acceptors (Lipinski definition) is 5. The van der Waals surface area contributed by atoms with Gasteiger partial charge in [-0.2, -0.15) is 5.10 Å². The number of carbonyl (C=O) groups is 3. The van der Waals surface area contributed by atoms with Crippen LogP contribution in [0.25, 0.3) is 0 Å². The van der Waals surface area contributed by atoms with Crippen LogP contribution in [-0.2, 0) is 9.59 Å². The molecule has 4 rings (SSSR count). The van der Waals surface area contributed by atoms with Gasteiger partial charge in [-0.05, 0) is 30.5 Å². The average Bonchev–Trinajstić information content (AvgIpc) is 3.34. The highest BCUT2D eigenvalue weighted by Gasteiger charge is 2.26. The Morgan fingerprint density at radius 3 is 2.38 bits per heavy atom. The first-order valence-corrected chi connectivity index (χ1v) is 11.0. The zero-order valence-corrected chi connectivity index (χ0v) is 17.9. The monoisotopic (exact) mass is 433 g/mol.